The zero-order valence-corrected chi connectivity index (χ0v) is 12.8. The van der Waals surface area contributed by atoms with Crippen LogP contribution in [0.15, 0.2) is 39.4 Å². The zero-order chi connectivity index (χ0) is 14.7. The summed E-state index contributed by atoms with van der Waals surface area (Å²) >= 11 is 8.76. The number of benzene rings is 1. The summed E-state index contributed by atoms with van der Waals surface area (Å²) in [4.78, 5) is 13.3. The Balaban J connectivity index is 1.98. The molecule has 0 atom stereocenters. The van der Waals surface area contributed by atoms with Crippen LogP contribution in [0.3, 0.4) is 0 Å². The highest BCUT2D eigenvalue weighted by Crippen LogP contribution is 2.19. The van der Waals surface area contributed by atoms with E-state index in [4.69, 9.17) is 16.0 Å². The van der Waals surface area contributed by atoms with Crippen molar-refractivity contribution in [1.29, 1.82) is 0 Å². The van der Waals surface area contributed by atoms with Crippen LogP contribution in [0.5, 0.6) is 0 Å². The second kappa shape index (κ2) is 6.28. The van der Waals surface area contributed by atoms with Gasteiger partial charge < -0.3 is 14.6 Å². The molecule has 0 radical (unpaired) electrons. The van der Waals surface area contributed by atoms with Gasteiger partial charge in [0.25, 0.3) is 0 Å². The molecule has 1 aromatic carbocycles. The number of rotatable bonds is 3. The highest BCUT2D eigenvalue weighted by molar-refractivity contribution is 9.10. The van der Waals surface area contributed by atoms with E-state index >= 15 is 0 Å². The minimum absolute atomic E-state index is 0.0109. The fraction of sp³-hybridized carbons (Fsp3) is 0.154. The maximum atomic E-state index is 13.3. The summed E-state index contributed by atoms with van der Waals surface area (Å²) in [7, 11) is 1.61. The molecule has 20 heavy (non-hydrogen) atoms. The van der Waals surface area contributed by atoms with E-state index in [1.54, 1.807) is 19.2 Å². The van der Waals surface area contributed by atoms with Crippen LogP contribution in [0.2, 0.25) is 5.02 Å². The number of urea groups is 1. The normalized spacial score (nSPS) is 10.4. The van der Waals surface area contributed by atoms with E-state index in [-0.39, 0.29) is 11.1 Å². The molecule has 2 rings (SSSR count). The second-order valence-electron chi connectivity index (χ2n) is 4.12. The summed E-state index contributed by atoms with van der Waals surface area (Å²) in [6.45, 7) is 0.299. The number of carbonyl (C=O) groups is 1. The molecule has 0 fully saturated rings. The van der Waals surface area contributed by atoms with Gasteiger partial charge in [-0.3, -0.25) is 0 Å². The zero-order valence-electron chi connectivity index (χ0n) is 10.5. The monoisotopic (exact) mass is 360 g/mol. The summed E-state index contributed by atoms with van der Waals surface area (Å²) < 4.78 is 19.2. The highest BCUT2D eigenvalue weighted by Gasteiger charge is 2.12. The summed E-state index contributed by atoms with van der Waals surface area (Å²) in [6.07, 6.45) is 0. The molecule has 2 amide bonds. The molecule has 1 N–H and O–H groups in total. The first kappa shape index (κ1) is 14.9. The summed E-state index contributed by atoms with van der Waals surface area (Å²) in [6, 6.07) is 7.21. The lowest BCUT2D eigenvalue weighted by Gasteiger charge is -2.16. The van der Waals surface area contributed by atoms with Crippen LogP contribution >= 0.6 is 27.5 Å². The second-order valence-corrected chi connectivity index (χ2v) is 5.31. The van der Waals surface area contributed by atoms with Crippen molar-refractivity contribution in [2.45, 2.75) is 6.54 Å². The number of anilines is 1. The number of halogens is 3. The Morgan fingerprint density at radius 2 is 2.20 bits per heavy atom. The molecular weight excluding hydrogens is 351 g/mol. The van der Waals surface area contributed by atoms with Crippen molar-refractivity contribution in [3.05, 3.63) is 51.6 Å². The van der Waals surface area contributed by atoms with Gasteiger partial charge in [-0.05, 0) is 46.3 Å². The number of hydrogen-bond donors (Lipinski definition) is 1. The third-order valence-electron chi connectivity index (χ3n) is 2.54. The lowest BCUT2D eigenvalue weighted by Crippen LogP contribution is -2.30. The molecule has 0 saturated carbocycles. The average molecular weight is 362 g/mol. The molecule has 1 heterocycles. The fourth-order valence-electron chi connectivity index (χ4n) is 1.54. The smallest absolute Gasteiger partial charge is 0.321 e. The molecule has 2 aromatic rings. The number of amides is 2. The first-order valence-electron chi connectivity index (χ1n) is 5.67. The molecule has 0 aliphatic heterocycles. The maximum absolute atomic E-state index is 13.3. The molecular formula is C13H11BrClFN2O2. The molecule has 0 bridgehead atoms. The highest BCUT2D eigenvalue weighted by atomic mass is 79.9. The van der Waals surface area contributed by atoms with Crippen LogP contribution < -0.4 is 5.32 Å². The number of carbonyl (C=O) groups excluding carboxylic acids is 1. The van der Waals surface area contributed by atoms with E-state index in [0.717, 1.165) is 6.07 Å². The van der Waals surface area contributed by atoms with Crippen molar-refractivity contribution in [1.82, 2.24) is 4.90 Å². The van der Waals surface area contributed by atoms with E-state index < -0.39 is 5.82 Å². The molecule has 1 aromatic heterocycles. The minimum Gasteiger partial charge on any atom is -0.452 e. The summed E-state index contributed by atoms with van der Waals surface area (Å²) in [5, 5.41) is 2.58. The number of furan rings is 1. The number of nitrogens with zero attached hydrogens (tertiary/aromatic N) is 1. The first-order valence-corrected chi connectivity index (χ1v) is 6.84. The Hall–Kier alpha value is -1.53. The van der Waals surface area contributed by atoms with Crippen LogP contribution in [-0.4, -0.2) is 18.0 Å². The van der Waals surface area contributed by atoms with Gasteiger partial charge in [0.05, 0.1) is 11.6 Å². The van der Waals surface area contributed by atoms with E-state index in [1.807, 2.05) is 0 Å². The Kier molecular flexibility index (Phi) is 4.67. The van der Waals surface area contributed by atoms with Gasteiger partial charge in [0, 0.05) is 12.7 Å². The molecule has 0 aliphatic rings. The fourth-order valence-corrected chi connectivity index (χ4v) is 1.99. The van der Waals surface area contributed by atoms with Crippen molar-refractivity contribution >= 4 is 39.2 Å². The van der Waals surface area contributed by atoms with Gasteiger partial charge in [-0.15, -0.1) is 0 Å². The lowest BCUT2D eigenvalue weighted by molar-refractivity contribution is 0.216. The van der Waals surface area contributed by atoms with Gasteiger partial charge in [0.15, 0.2) is 4.67 Å². The summed E-state index contributed by atoms with van der Waals surface area (Å²) in [5.41, 5.74) is 0.337. The van der Waals surface area contributed by atoms with E-state index in [2.05, 4.69) is 21.2 Å². The van der Waals surface area contributed by atoms with Crippen LogP contribution in [-0.2, 0) is 6.54 Å². The van der Waals surface area contributed by atoms with E-state index in [1.165, 1.54) is 17.0 Å². The van der Waals surface area contributed by atoms with Gasteiger partial charge in [-0.25, -0.2) is 9.18 Å². The lowest BCUT2D eigenvalue weighted by atomic mass is 10.3. The predicted octanol–water partition coefficient (Wildman–Crippen LogP) is 4.50. The first-order chi connectivity index (χ1) is 9.45. The van der Waals surface area contributed by atoms with Crippen molar-refractivity contribution in [2.24, 2.45) is 0 Å². The molecule has 0 aliphatic carbocycles. The Morgan fingerprint density at radius 1 is 1.45 bits per heavy atom. The van der Waals surface area contributed by atoms with Gasteiger partial charge in [-0.1, -0.05) is 11.6 Å². The van der Waals surface area contributed by atoms with Gasteiger partial charge in [-0.2, -0.15) is 0 Å². The number of hydrogen-bond acceptors (Lipinski definition) is 2. The summed E-state index contributed by atoms with van der Waals surface area (Å²) in [5.74, 6) is 0.0545. The van der Waals surface area contributed by atoms with Crippen molar-refractivity contribution in [3.63, 3.8) is 0 Å². The Labute approximate surface area is 128 Å². The third kappa shape index (κ3) is 3.74. The standard InChI is InChI=1S/C13H11BrClFN2O2/c1-18(7-9-3-5-12(14)20-9)13(19)17-8-2-4-10(15)11(16)6-8/h2-6H,7H2,1H3,(H,17,19). The third-order valence-corrected chi connectivity index (χ3v) is 3.27. The largest absolute Gasteiger partial charge is 0.452 e. The SMILES string of the molecule is CN(Cc1ccc(Br)o1)C(=O)Nc1ccc(Cl)c(F)c1. The molecule has 0 unspecified atom stereocenters. The quantitative estimate of drug-likeness (QED) is 0.875. The van der Waals surface area contributed by atoms with E-state index in [0.29, 0.717) is 22.7 Å². The number of nitrogens with one attached hydrogen (secondary N) is 1. The predicted molar refractivity (Wildman–Crippen MR) is 78.3 cm³/mol. The van der Waals surface area contributed by atoms with E-state index in [9.17, 15) is 9.18 Å². The molecule has 4 nitrogen and oxygen atoms in total. The van der Waals surface area contributed by atoms with Crippen LogP contribution in [0.1, 0.15) is 5.76 Å². The Morgan fingerprint density at radius 3 is 2.80 bits per heavy atom. The van der Waals surface area contributed by atoms with Crippen LogP contribution in [0, 0.1) is 5.82 Å². The van der Waals surface area contributed by atoms with Crippen LogP contribution in [0.4, 0.5) is 14.9 Å². The minimum atomic E-state index is -0.581. The van der Waals surface area contributed by atoms with Gasteiger partial charge in [0.2, 0.25) is 0 Å². The van der Waals surface area contributed by atoms with Crippen molar-refractivity contribution < 1.29 is 13.6 Å². The van der Waals surface area contributed by atoms with Crippen LogP contribution in [0.25, 0.3) is 0 Å². The van der Waals surface area contributed by atoms with Gasteiger partial charge >= 0.3 is 6.03 Å². The topological polar surface area (TPSA) is 45.5 Å². The van der Waals surface area contributed by atoms with Gasteiger partial charge in [0.1, 0.15) is 11.6 Å². The molecule has 7 heteroatoms. The van der Waals surface area contributed by atoms with Crippen molar-refractivity contribution in [2.75, 3.05) is 12.4 Å². The Bertz CT molecular complexity index is 633. The molecule has 0 spiro atoms. The molecule has 106 valence electrons. The maximum Gasteiger partial charge on any atom is 0.321 e. The molecule has 0 saturated heterocycles. The average Bonchev–Trinajstić information content (AvgIpc) is 2.79. The van der Waals surface area contributed by atoms with Crippen molar-refractivity contribution in [3.8, 4) is 0 Å².